The van der Waals surface area contributed by atoms with Gasteiger partial charge in [0.25, 0.3) is 0 Å². The first-order valence-corrected chi connectivity index (χ1v) is 8.83. The average Bonchev–Trinajstić information content (AvgIpc) is 2.57. The van der Waals surface area contributed by atoms with Crippen LogP contribution in [0.5, 0.6) is 0 Å². The SMILES string of the molecule is CC=CCC=CCC=CCCCC(CCC(=O)O)(CCC(=O)O)[N+](=O)[O-]. The Morgan fingerprint density at radius 2 is 1.42 bits per heavy atom. The van der Waals surface area contributed by atoms with E-state index in [-0.39, 0.29) is 32.1 Å². The molecule has 0 aliphatic rings. The summed E-state index contributed by atoms with van der Waals surface area (Å²) in [6, 6.07) is 0. The van der Waals surface area contributed by atoms with Crippen molar-refractivity contribution in [1.82, 2.24) is 0 Å². The van der Waals surface area contributed by atoms with Crippen LogP contribution in [0, 0.1) is 10.1 Å². The van der Waals surface area contributed by atoms with Crippen molar-refractivity contribution in [2.45, 2.75) is 70.3 Å². The number of allylic oxidation sites excluding steroid dienone is 6. The normalized spacial score (nSPS) is 12.3. The fourth-order valence-electron chi connectivity index (χ4n) is 2.58. The Bertz CT molecular complexity index is 518. The molecule has 0 aromatic carbocycles. The first kappa shape index (κ1) is 23.6. The first-order chi connectivity index (χ1) is 12.3. The van der Waals surface area contributed by atoms with Crippen molar-refractivity contribution in [3.63, 3.8) is 0 Å². The fraction of sp³-hybridized carbons (Fsp3) is 0.579. The maximum atomic E-state index is 11.5. The third-order valence-electron chi connectivity index (χ3n) is 4.12. The zero-order valence-corrected chi connectivity index (χ0v) is 15.3. The predicted molar refractivity (Wildman–Crippen MR) is 99.6 cm³/mol. The number of hydrogen-bond donors (Lipinski definition) is 2. The molecule has 0 aliphatic carbocycles. The highest BCUT2D eigenvalue weighted by Gasteiger charge is 2.42. The van der Waals surface area contributed by atoms with Crippen LogP contribution in [-0.4, -0.2) is 32.6 Å². The van der Waals surface area contributed by atoms with E-state index in [2.05, 4.69) is 6.08 Å². The van der Waals surface area contributed by atoms with Crippen LogP contribution in [0.25, 0.3) is 0 Å². The monoisotopic (exact) mass is 367 g/mol. The molecule has 0 saturated carbocycles. The highest BCUT2D eigenvalue weighted by molar-refractivity contribution is 5.67. The van der Waals surface area contributed by atoms with Gasteiger partial charge >= 0.3 is 11.9 Å². The number of rotatable bonds is 15. The summed E-state index contributed by atoms with van der Waals surface area (Å²) < 4.78 is 0. The molecule has 0 unspecified atom stereocenters. The Kier molecular flexibility index (Phi) is 12.5. The Hall–Kier alpha value is -2.44. The van der Waals surface area contributed by atoms with Gasteiger partial charge in [-0.3, -0.25) is 19.7 Å². The van der Waals surface area contributed by atoms with Crippen LogP contribution in [0.4, 0.5) is 0 Å². The molecule has 0 rings (SSSR count). The average molecular weight is 367 g/mol. The summed E-state index contributed by atoms with van der Waals surface area (Å²) >= 11 is 0. The molecule has 0 aliphatic heterocycles. The Labute approximate surface area is 154 Å². The van der Waals surface area contributed by atoms with Gasteiger partial charge in [0.05, 0.1) is 12.8 Å². The minimum Gasteiger partial charge on any atom is -0.481 e. The van der Waals surface area contributed by atoms with Crippen LogP contribution in [-0.2, 0) is 9.59 Å². The fourth-order valence-corrected chi connectivity index (χ4v) is 2.58. The number of carboxylic acid groups (broad SMARTS) is 2. The highest BCUT2D eigenvalue weighted by atomic mass is 16.6. The standard InChI is InChI=1S/C19H29NO6/c1-2-3-4-5-6-7-8-9-10-11-14-19(20(25)26,15-12-17(21)22)16-13-18(23)24/h2-3,5-6,8-9H,4,7,10-16H2,1H3,(H,21,22)(H,23,24). The lowest BCUT2D eigenvalue weighted by Crippen LogP contribution is -2.39. The summed E-state index contributed by atoms with van der Waals surface area (Å²) in [7, 11) is 0. The molecule has 7 heteroatoms. The lowest BCUT2D eigenvalue weighted by molar-refractivity contribution is -0.574. The summed E-state index contributed by atoms with van der Waals surface area (Å²) in [5, 5.41) is 29.2. The molecule has 0 spiro atoms. The molecule has 2 N–H and O–H groups in total. The van der Waals surface area contributed by atoms with Crippen LogP contribution < -0.4 is 0 Å². The van der Waals surface area contributed by atoms with E-state index in [1.165, 1.54) is 0 Å². The molecule has 146 valence electrons. The van der Waals surface area contributed by atoms with Gasteiger partial charge < -0.3 is 10.2 Å². The third-order valence-corrected chi connectivity index (χ3v) is 4.12. The number of nitro groups is 1. The summed E-state index contributed by atoms with van der Waals surface area (Å²) in [6.45, 7) is 1.96. The Morgan fingerprint density at radius 3 is 1.88 bits per heavy atom. The van der Waals surface area contributed by atoms with Gasteiger partial charge in [-0.05, 0) is 32.6 Å². The summed E-state index contributed by atoms with van der Waals surface area (Å²) in [5.41, 5.74) is -1.49. The lowest BCUT2D eigenvalue weighted by Gasteiger charge is -2.24. The van der Waals surface area contributed by atoms with Crippen molar-refractivity contribution in [1.29, 1.82) is 0 Å². The summed E-state index contributed by atoms with van der Waals surface area (Å²) in [6.07, 6.45) is 14.1. The van der Waals surface area contributed by atoms with E-state index in [0.29, 0.717) is 12.8 Å². The number of carbonyl (C=O) groups is 2. The second kappa shape index (κ2) is 13.8. The van der Waals surface area contributed by atoms with Crippen molar-refractivity contribution in [2.24, 2.45) is 0 Å². The van der Waals surface area contributed by atoms with Crippen LogP contribution in [0.3, 0.4) is 0 Å². The van der Waals surface area contributed by atoms with Crippen molar-refractivity contribution in [3.05, 3.63) is 46.6 Å². The number of aliphatic carboxylic acids is 2. The maximum Gasteiger partial charge on any atom is 0.303 e. The van der Waals surface area contributed by atoms with E-state index in [0.717, 1.165) is 12.8 Å². The van der Waals surface area contributed by atoms with Gasteiger partial charge in [-0.2, -0.15) is 0 Å². The molecule has 26 heavy (non-hydrogen) atoms. The second-order valence-electron chi connectivity index (χ2n) is 6.14. The largest absolute Gasteiger partial charge is 0.481 e. The van der Waals surface area contributed by atoms with Crippen LogP contribution in [0.1, 0.15) is 64.7 Å². The molecule has 7 nitrogen and oxygen atoms in total. The third kappa shape index (κ3) is 11.2. The zero-order valence-electron chi connectivity index (χ0n) is 15.3. The molecular weight excluding hydrogens is 338 g/mol. The maximum absolute atomic E-state index is 11.5. The zero-order chi connectivity index (χ0) is 19.8. The smallest absolute Gasteiger partial charge is 0.303 e. The van der Waals surface area contributed by atoms with Gasteiger partial charge in [-0.1, -0.05) is 36.5 Å². The van der Waals surface area contributed by atoms with Crippen molar-refractivity contribution in [3.8, 4) is 0 Å². The van der Waals surface area contributed by atoms with Crippen molar-refractivity contribution < 1.29 is 24.7 Å². The van der Waals surface area contributed by atoms with Gasteiger partial charge in [0.1, 0.15) is 0 Å². The van der Waals surface area contributed by atoms with Gasteiger partial charge in [0, 0.05) is 24.2 Å². The van der Waals surface area contributed by atoms with Crippen LogP contribution >= 0.6 is 0 Å². The van der Waals surface area contributed by atoms with Gasteiger partial charge in [-0.15, -0.1) is 0 Å². The van der Waals surface area contributed by atoms with Crippen molar-refractivity contribution >= 4 is 11.9 Å². The molecule has 0 radical (unpaired) electrons. The molecule has 0 saturated heterocycles. The summed E-state index contributed by atoms with van der Waals surface area (Å²) in [5.74, 6) is -2.23. The molecule has 0 bridgehead atoms. The topological polar surface area (TPSA) is 118 Å². The molecule has 0 fully saturated rings. The first-order valence-electron chi connectivity index (χ1n) is 8.83. The lowest BCUT2D eigenvalue weighted by atomic mass is 9.84. The minimum absolute atomic E-state index is 0.153. The van der Waals surface area contributed by atoms with E-state index in [1.54, 1.807) is 0 Å². The highest BCUT2D eigenvalue weighted by Crippen LogP contribution is 2.30. The molecule has 0 atom stereocenters. The van der Waals surface area contributed by atoms with E-state index < -0.39 is 22.4 Å². The second-order valence-corrected chi connectivity index (χ2v) is 6.14. The number of unbranched alkanes of at least 4 members (excludes halogenated alkanes) is 1. The van der Waals surface area contributed by atoms with E-state index >= 15 is 0 Å². The molecule has 0 amide bonds. The van der Waals surface area contributed by atoms with Gasteiger partial charge in [0.2, 0.25) is 5.54 Å². The van der Waals surface area contributed by atoms with Crippen molar-refractivity contribution in [2.75, 3.05) is 0 Å². The Morgan fingerprint density at radius 1 is 0.923 bits per heavy atom. The quantitative estimate of drug-likeness (QED) is 0.192. The molecule has 0 aromatic rings. The number of nitrogens with zero attached hydrogens (tertiary/aromatic N) is 1. The van der Waals surface area contributed by atoms with Crippen LogP contribution in [0.2, 0.25) is 0 Å². The van der Waals surface area contributed by atoms with Crippen LogP contribution in [0.15, 0.2) is 36.5 Å². The van der Waals surface area contributed by atoms with Gasteiger partial charge in [0.15, 0.2) is 0 Å². The minimum atomic E-state index is -1.49. The summed E-state index contributed by atoms with van der Waals surface area (Å²) in [4.78, 5) is 32.6. The molecular formula is C19H29NO6. The van der Waals surface area contributed by atoms with E-state index in [1.807, 2.05) is 37.3 Å². The number of hydrogen-bond acceptors (Lipinski definition) is 4. The molecule has 0 aromatic heterocycles. The molecule has 0 heterocycles. The van der Waals surface area contributed by atoms with Gasteiger partial charge in [-0.25, -0.2) is 0 Å². The Balaban J connectivity index is 4.56. The van der Waals surface area contributed by atoms with E-state index in [4.69, 9.17) is 10.2 Å². The number of carboxylic acids is 2. The van der Waals surface area contributed by atoms with E-state index in [9.17, 15) is 19.7 Å². The predicted octanol–water partition coefficient (Wildman–Crippen LogP) is 4.37.